The molecule has 2 aliphatic rings. The van der Waals surface area contributed by atoms with E-state index >= 15 is 4.39 Å². The van der Waals surface area contributed by atoms with Crippen molar-refractivity contribution in [2.75, 3.05) is 29.0 Å². The summed E-state index contributed by atoms with van der Waals surface area (Å²) in [5.41, 5.74) is 13.6. The van der Waals surface area contributed by atoms with Crippen molar-refractivity contribution in [2.24, 2.45) is 11.7 Å². The van der Waals surface area contributed by atoms with Gasteiger partial charge in [0.15, 0.2) is 5.82 Å². The lowest BCUT2D eigenvalue weighted by molar-refractivity contribution is 0.102. The van der Waals surface area contributed by atoms with Gasteiger partial charge in [-0.15, -0.1) is 11.3 Å². The van der Waals surface area contributed by atoms with Crippen LogP contribution in [0.25, 0.3) is 11.1 Å². The molecule has 1 saturated heterocycles. The molecule has 0 unspecified atom stereocenters. The van der Waals surface area contributed by atoms with Crippen molar-refractivity contribution in [1.29, 1.82) is 0 Å². The molecule has 11 heteroatoms. The summed E-state index contributed by atoms with van der Waals surface area (Å²) in [5, 5.41) is 8.51. The summed E-state index contributed by atoms with van der Waals surface area (Å²) in [6.45, 7) is 2.14. The Morgan fingerprint density at radius 3 is 2.79 bits per heavy atom. The van der Waals surface area contributed by atoms with E-state index in [1.165, 1.54) is 22.2 Å². The number of hydrogen-bond acceptors (Lipinski definition) is 7. The molecule has 1 amide bonds. The molecule has 1 saturated carbocycles. The largest absolute Gasteiger partial charge is 0.396 e. The van der Waals surface area contributed by atoms with Crippen LogP contribution in [0.1, 0.15) is 42.6 Å². The molecule has 3 aromatic rings. The van der Waals surface area contributed by atoms with Gasteiger partial charge in [0.25, 0.3) is 5.91 Å². The van der Waals surface area contributed by atoms with Crippen molar-refractivity contribution in [2.45, 2.75) is 44.7 Å². The third-order valence-electron chi connectivity index (χ3n) is 6.45. The first kappa shape index (κ1) is 22.7. The number of hydrogen-bond donors (Lipinski definition) is 3. The number of benzene rings is 1. The molecule has 1 aliphatic carbocycles. The number of nitrogen functional groups attached to an aromatic ring is 1. The van der Waals surface area contributed by atoms with Crippen LogP contribution in [0.3, 0.4) is 0 Å². The second-order valence-corrected chi connectivity index (χ2v) is 9.74. The van der Waals surface area contributed by atoms with Gasteiger partial charge in [-0.3, -0.25) is 4.79 Å². The molecule has 8 nitrogen and oxygen atoms in total. The van der Waals surface area contributed by atoms with E-state index < -0.39 is 17.5 Å². The predicted molar refractivity (Wildman–Crippen MR) is 129 cm³/mol. The molecule has 1 aliphatic heterocycles. The maximum absolute atomic E-state index is 15.8. The SMILES string of the molecule is Nc1c(F)cc(NC(=O)c2cscn2)c(F)c1-c1cnn(CC2CC2)c1N1CCC[C@@H](N)CC1. The Bertz CT molecular complexity index is 1190. The highest BCUT2D eigenvalue weighted by Crippen LogP contribution is 2.42. The summed E-state index contributed by atoms with van der Waals surface area (Å²) >= 11 is 1.24. The average molecular weight is 488 g/mol. The lowest BCUT2D eigenvalue weighted by atomic mass is 10.0. The highest BCUT2D eigenvalue weighted by atomic mass is 32.1. The molecule has 180 valence electrons. The summed E-state index contributed by atoms with van der Waals surface area (Å²) in [7, 11) is 0. The number of thiazole rings is 1. The first-order valence-corrected chi connectivity index (χ1v) is 12.4. The normalized spacial score (nSPS) is 18.7. The van der Waals surface area contributed by atoms with Crippen LogP contribution in [-0.2, 0) is 6.54 Å². The van der Waals surface area contributed by atoms with Crippen LogP contribution in [0.5, 0.6) is 0 Å². The van der Waals surface area contributed by atoms with Crippen molar-refractivity contribution in [1.82, 2.24) is 14.8 Å². The van der Waals surface area contributed by atoms with Gasteiger partial charge in [0.2, 0.25) is 0 Å². The number of halogens is 2. The molecule has 5 N–H and O–H groups in total. The van der Waals surface area contributed by atoms with Gasteiger partial charge in [-0.25, -0.2) is 18.4 Å². The zero-order valence-electron chi connectivity index (χ0n) is 18.6. The molecule has 1 atom stereocenters. The Hall–Kier alpha value is -3.05. The topological polar surface area (TPSA) is 115 Å². The van der Waals surface area contributed by atoms with E-state index in [-0.39, 0.29) is 28.7 Å². The minimum absolute atomic E-state index is 0.0980. The number of nitrogens with zero attached hydrogens (tertiary/aromatic N) is 4. The van der Waals surface area contributed by atoms with Gasteiger partial charge in [0.05, 0.1) is 28.6 Å². The number of carbonyl (C=O) groups excluding carboxylic acids is 1. The minimum atomic E-state index is -0.816. The van der Waals surface area contributed by atoms with E-state index in [0.717, 1.165) is 44.7 Å². The Balaban J connectivity index is 1.58. The van der Waals surface area contributed by atoms with Crippen LogP contribution in [-0.4, -0.2) is 39.8 Å². The van der Waals surface area contributed by atoms with E-state index in [0.29, 0.717) is 30.4 Å². The van der Waals surface area contributed by atoms with Crippen LogP contribution in [0.4, 0.5) is 26.0 Å². The van der Waals surface area contributed by atoms with E-state index in [1.807, 2.05) is 4.68 Å². The summed E-state index contributed by atoms with van der Waals surface area (Å²) in [6, 6.07) is 1.01. The summed E-state index contributed by atoms with van der Waals surface area (Å²) < 4.78 is 32.6. The van der Waals surface area contributed by atoms with Crippen molar-refractivity contribution in [3.8, 4) is 11.1 Å². The Labute approximate surface area is 199 Å². The first-order valence-electron chi connectivity index (χ1n) is 11.5. The summed E-state index contributed by atoms with van der Waals surface area (Å²) in [4.78, 5) is 18.5. The summed E-state index contributed by atoms with van der Waals surface area (Å²) in [5.74, 6) is -0.996. The molecule has 3 heterocycles. The maximum Gasteiger partial charge on any atom is 0.275 e. The van der Waals surface area contributed by atoms with E-state index in [4.69, 9.17) is 11.5 Å². The van der Waals surface area contributed by atoms with Crippen LogP contribution < -0.4 is 21.7 Å². The van der Waals surface area contributed by atoms with Gasteiger partial charge < -0.3 is 21.7 Å². The highest BCUT2D eigenvalue weighted by molar-refractivity contribution is 7.07. The van der Waals surface area contributed by atoms with Gasteiger partial charge in [-0.1, -0.05) is 0 Å². The van der Waals surface area contributed by atoms with Crippen LogP contribution in [0.15, 0.2) is 23.2 Å². The molecule has 0 spiro atoms. The van der Waals surface area contributed by atoms with Gasteiger partial charge >= 0.3 is 0 Å². The average Bonchev–Trinajstić information content (AvgIpc) is 3.35. The number of anilines is 3. The Morgan fingerprint density at radius 2 is 2.06 bits per heavy atom. The number of amides is 1. The first-order chi connectivity index (χ1) is 16.4. The van der Waals surface area contributed by atoms with E-state index in [2.05, 4.69) is 20.3 Å². The molecule has 0 radical (unpaired) electrons. The van der Waals surface area contributed by atoms with Gasteiger partial charge in [0, 0.05) is 42.7 Å². The molecular weight excluding hydrogens is 460 g/mol. The fraction of sp³-hybridized carbons (Fsp3) is 0.435. The summed E-state index contributed by atoms with van der Waals surface area (Å²) in [6.07, 6.45) is 6.40. The maximum atomic E-state index is 15.8. The lowest BCUT2D eigenvalue weighted by Crippen LogP contribution is -2.29. The third kappa shape index (κ3) is 4.49. The minimum Gasteiger partial charge on any atom is -0.396 e. The number of rotatable bonds is 6. The Kier molecular flexibility index (Phi) is 6.22. The predicted octanol–water partition coefficient (Wildman–Crippen LogP) is 3.85. The fourth-order valence-electron chi connectivity index (χ4n) is 4.41. The van der Waals surface area contributed by atoms with Crippen LogP contribution in [0.2, 0.25) is 0 Å². The second-order valence-electron chi connectivity index (χ2n) is 9.02. The van der Waals surface area contributed by atoms with Crippen molar-refractivity contribution >= 4 is 34.4 Å². The zero-order chi connectivity index (χ0) is 23.8. The van der Waals surface area contributed by atoms with Gasteiger partial charge in [-0.2, -0.15) is 5.10 Å². The molecule has 2 aromatic heterocycles. The molecule has 0 bridgehead atoms. The lowest BCUT2D eigenvalue weighted by Gasteiger charge is -2.26. The quantitative estimate of drug-likeness (QED) is 0.455. The molecule has 34 heavy (non-hydrogen) atoms. The third-order valence-corrected chi connectivity index (χ3v) is 7.03. The molecular formula is C23H27F2N7OS. The smallest absolute Gasteiger partial charge is 0.275 e. The number of aromatic nitrogens is 3. The standard InChI is InChI=1S/C23H27F2N7OS/c24-16-8-17(30-22(33)18-11-34-12-28-18)20(25)19(21(16)27)15-9-29-32(10-13-3-4-13)23(15)31-6-1-2-14(26)5-7-31/h8-9,11-14H,1-7,10,26-27H2,(H,30,33)/t14-/m1/s1. The second kappa shape index (κ2) is 9.30. The van der Waals surface area contributed by atoms with Crippen molar-refractivity contribution in [3.05, 3.63) is 40.5 Å². The number of carbonyl (C=O) groups is 1. The van der Waals surface area contributed by atoms with Crippen LogP contribution >= 0.6 is 11.3 Å². The van der Waals surface area contributed by atoms with Crippen LogP contribution in [0, 0.1) is 17.6 Å². The fourth-order valence-corrected chi connectivity index (χ4v) is 4.94. The van der Waals surface area contributed by atoms with Crippen molar-refractivity contribution in [3.63, 3.8) is 0 Å². The monoisotopic (exact) mass is 487 g/mol. The van der Waals surface area contributed by atoms with Crippen molar-refractivity contribution < 1.29 is 13.6 Å². The highest BCUT2D eigenvalue weighted by Gasteiger charge is 2.30. The number of nitrogens with one attached hydrogen (secondary N) is 1. The van der Waals surface area contributed by atoms with Gasteiger partial charge in [-0.05, 0) is 38.0 Å². The number of nitrogens with two attached hydrogens (primary N) is 2. The van der Waals surface area contributed by atoms with Gasteiger partial charge in [0.1, 0.15) is 17.3 Å². The Morgan fingerprint density at radius 1 is 1.24 bits per heavy atom. The van der Waals surface area contributed by atoms with E-state index in [1.54, 1.807) is 6.20 Å². The molecule has 2 fully saturated rings. The zero-order valence-corrected chi connectivity index (χ0v) is 19.5. The van der Waals surface area contributed by atoms with E-state index in [9.17, 15) is 9.18 Å². The molecule has 5 rings (SSSR count). The molecule has 1 aromatic carbocycles.